The van der Waals surface area contributed by atoms with Gasteiger partial charge in [-0.1, -0.05) is 13.8 Å². The molecular formula is C18H26N2O5. The average molecular weight is 350 g/mol. The van der Waals surface area contributed by atoms with Gasteiger partial charge in [0.1, 0.15) is 5.56 Å². The van der Waals surface area contributed by atoms with Gasteiger partial charge in [-0.25, -0.2) is 4.98 Å². The number of carbonyl (C=O) groups is 2. The van der Waals surface area contributed by atoms with Gasteiger partial charge in [-0.05, 0) is 36.8 Å². The maximum absolute atomic E-state index is 12.5. The van der Waals surface area contributed by atoms with Gasteiger partial charge >= 0.3 is 5.97 Å². The van der Waals surface area contributed by atoms with Crippen LogP contribution in [0.1, 0.15) is 37.0 Å². The van der Waals surface area contributed by atoms with Gasteiger partial charge in [0.25, 0.3) is 5.91 Å². The van der Waals surface area contributed by atoms with Crippen LogP contribution in [0.2, 0.25) is 0 Å². The number of pyridine rings is 1. The Morgan fingerprint density at radius 2 is 2.12 bits per heavy atom. The van der Waals surface area contributed by atoms with Gasteiger partial charge in [0.2, 0.25) is 5.88 Å². The highest BCUT2D eigenvalue weighted by atomic mass is 16.5. The first-order valence-corrected chi connectivity index (χ1v) is 8.65. The normalized spacial score (nSPS) is 16.4. The fourth-order valence-corrected chi connectivity index (χ4v) is 2.80. The van der Waals surface area contributed by atoms with Crippen molar-refractivity contribution in [3.05, 3.63) is 23.9 Å². The summed E-state index contributed by atoms with van der Waals surface area (Å²) in [4.78, 5) is 28.1. The molecule has 0 saturated carbocycles. The summed E-state index contributed by atoms with van der Waals surface area (Å²) >= 11 is 0. The van der Waals surface area contributed by atoms with Crippen LogP contribution in [0.5, 0.6) is 5.88 Å². The van der Waals surface area contributed by atoms with Crippen molar-refractivity contribution in [1.29, 1.82) is 0 Å². The van der Waals surface area contributed by atoms with Gasteiger partial charge in [-0.2, -0.15) is 0 Å². The number of carboxylic acids is 1. The fourth-order valence-electron chi connectivity index (χ4n) is 2.80. The molecule has 0 bridgehead atoms. The van der Waals surface area contributed by atoms with Crippen LogP contribution in [-0.2, 0) is 9.53 Å². The highest BCUT2D eigenvalue weighted by Crippen LogP contribution is 2.24. The van der Waals surface area contributed by atoms with E-state index in [-0.39, 0.29) is 24.2 Å². The Bertz CT molecular complexity index is 585. The summed E-state index contributed by atoms with van der Waals surface area (Å²) in [6.45, 7) is 5.69. The molecule has 25 heavy (non-hydrogen) atoms. The van der Waals surface area contributed by atoms with E-state index in [4.69, 9.17) is 9.47 Å². The van der Waals surface area contributed by atoms with Gasteiger partial charge in [0.15, 0.2) is 0 Å². The average Bonchev–Trinajstić information content (AvgIpc) is 2.61. The fraction of sp³-hybridized carbons (Fsp3) is 0.611. The van der Waals surface area contributed by atoms with Crippen LogP contribution in [0.3, 0.4) is 0 Å². The lowest BCUT2D eigenvalue weighted by Crippen LogP contribution is -2.39. The van der Waals surface area contributed by atoms with Crippen molar-refractivity contribution in [2.45, 2.75) is 26.7 Å². The zero-order valence-corrected chi connectivity index (χ0v) is 14.7. The van der Waals surface area contributed by atoms with Crippen LogP contribution in [0.4, 0.5) is 0 Å². The molecule has 7 nitrogen and oxygen atoms in total. The topological polar surface area (TPSA) is 97.8 Å². The molecule has 1 aliphatic rings. The van der Waals surface area contributed by atoms with E-state index in [1.165, 1.54) is 0 Å². The first-order chi connectivity index (χ1) is 12.0. The number of carboxylic acid groups (broad SMARTS) is 1. The van der Waals surface area contributed by atoms with Crippen LogP contribution in [0.25, 0.3) is 0 Å². The smallest absolute Gasteiger partial charge is 0.308 e. The lowest BCUT2D eigenvalue weighted by Gasteiger charge is -2.27. The lowest BCUT2D eigenvalue weighted by atomic mass is 9.86. The van der Waals surface area contributed by atoms with E-state index in [1.807, 2.05) is 13.8 Å². The molecule has 1 unspecified atom stereocenters. The number of carbonyl (C=O) groups excluding carboxylic acids is 1. The van der Waals surface area contributed by atoms with E-state index in [0.29, 0.717) is 44.1 Å². The molecule has 2 rings (SSSR count). The molecule has 1 aromatic rings. The van der Waals surface area contributed by atoms with Crippen molar-refractivity contribution in [2.75, 3.05) is 26.4 Å². The number of hydrogen-bond acceptors (Lipinski definition) is 5. The highest BCUT2D eigenvalue weighted by molar-refractivity contribution is 5.96. The predicted molar refractivity (Wildman–Crippen MR) is 91.6 cm³/mol. The third kappa shape index (κ3) is 5.70. The summed E-state index contributed by atoms with van der Waals surface area (Å²) in [7, 11) is 0. The van der Waals surface area contributed by atoms with Crippen LogP contribution in [-0.4, -0.2) is 48.3 Å². The second-order valence-electron chi connectivity index (χ2n) is 6.67. The number of amides is 1. The molecule has 1 saturated heterocycles. The van der Waals surface area contributed by atoms with Gasteiger partial charge in [-0.3, -0.25) is 9.59 Å². The molecule has 0 radical (unpaired) electrons. The first kappa shape index (κ1) is 19.2. The minimum atomic E-state index is -0.894. The molecule has 0 spiro atoms. The first-order valence-electron chi connectivity index (χ1n) is 8.65. The summed E-state index contributed by atoms with van der Waals surface area (Å²) in [5.41, 5.74) is 0.319. The zero-order valence-electron chi connectivity index (χ0n) is 14.7. The Morgan fingerprint density at radius 3 is 2.76 bits per heavy atom. The Kier molecular flexibility index (Phi) is 7.18. The van der Waals surface area contributed by atoms with E-state index >= 15 is 0 Å². The van der Waals surface area contributed by atoms with Crippen LogP contribution < -0.4 is 10.1 Å². The van der Waals surface area contributed by atoms with E-state index in [9.17, 15) is 14.7 Å². The molecule has 0 aromatic carbocycles. The maximum atomic E-state index is 12.5. The SMILES string of the molecule is CC(C)COc1ncccc1C(=O)NCC(C(=O)O)C1CCOCC1. The number of nitrogens with zero attached hydrogens (tertiary/aromatic N) is 1. The van der Waals surface area contributed by atoms with Crippen molar-refractivity contribution >= 4 is 11.9 Å². The van der Waals surface area contributed by atoms with E-state index in [0.717, 1.165) is 0 Å². The maximum Gasteiger partial charge on any atom is 0.308 e. The molecule has 2 N–H and O–H groups in total. The van der Waals surface area contributed by atoms with Gasteiger partial charge in [-0.15, -0.1) is 0 Å². The molecule has 1 fully saturated rings. The van der Waals surface area contributed by atoms with Crippen molar-refractivity contribution in [2.24, 2.45) is 17.8 Å². The van der Waals surface area contributed by atoms with E-state index in [2.05, 4.69) is 10.3 Å². The summed E-state index contributed by atoms with van der Waals surface area (Å²) in [6.07, 6.45) is 2.96. The summed E-state index contributed by atoms with van der Waals surface area (Å²) in [6, 6.07) is 3.28. The van der Waals surface area contributed by atoms with Gasteiger partial charge in [0.05, 0.1) is 12.5 Å². The summed E-state index contributed by atoms with van der Waals surface area (Å²) in [5.74, 6) is -1.30. The summed E-state index contributed by atoms with van der Waals surface area (Å²) < 4.78 is 10.9. The van der Waals surface area contributed by atoms with Crippen LogP contribution >= 0.6 is 0 Å². The van der Waals surface area contributed by atoms with Gasteiger partial charge in [0, 0.05) is 26.0 Å². The Hall–Kier alpha value is -2.15. The third-order valence-electron chi connectivity index (χ3n) is 4.20. The predicted octanol–water partition coefficient (Wildman–Crippen LogP) is 1.97. The van der Waals surface area contributed by atoms with Crippen LogP contribution in [0, 0.1) is 17.8 Å². The Labute approximate surface area is 147 Å². The molecular weight excluding hydrogens is 324 g/mol. The molecule has 138 valence electrons. The van der Waals surface area contributed by atoms with Crippen molar-refractivity contribution < 1.29 is 24.2 Å². The number of rotatable bonds is 8. The molecule has 1 aliphatic heterocycles. The molecule has 2 heterocycles. The largest absolute Gasteiger partial charge is 0.481 e. The third-order valence-corrected chi connectivity index (χ3v) is 4.20. The van der Waals surface area contributed by atoms with Crippen molar-refractivity contribution in [3.63, 3.8) is 0 Å². The number of nitrogens with one attached hydrogen (secondary N) is 1. The second-order valence-corrected chi connectivity index (χ2v) is 6.67. The molecule has 7 heteroatoms. The Balaban J connectivity index is 1.99. The van der Waals surface area contributed by atoms with E-state index in [1.54, 1.807) is 18.3 Å². The quantitative estimate of drug-likeness (QED) is 0.744. The molecule has 0 aliphatic carbocycles. The Morgan fingerprint density at radius 1 is 1.40 bits per heavy atom. The number of aromatic nitrogens is 1. The molecule has 1 aromatic heterocycles. The second kappa shape index (κ2) is 9.36. The highest BCUT2D eigenvalue weighted by Gasteiger charge is 2.30. The van der Waals surface area contributed by atoms with E-state index < -0.39 is 11.9 Å². The number of aliphatic carboxylic acids is 1. The molecule has 1 atom stereocenters. The summed E-state index contributed by atoms with van der Waals surface area (Å²) in [5, 5.41) is 12.2. The van der Waals surface area contributed by atoms with Crippen molar-refractivity contribution in [1.82, 2.24) is 10.3 Å². The lowest BCUT2D eigenvalue weighted by molar-refractivity contribution is -0.144. The molecule has 1 amide bonds. The monoisotopic (exact) mass is 350 g/mol. The minimum absolute atomic E-state index is 0.0112. The number of ether oxygens (including phenoxy) is 2. The zero-order chi connectivity index (χ0) is 18.2. The van der Waals surface area contributed by atoms with Gasteiger partial charge < -0.3 is 19.9 Å². The van der Waals surface area contributed by atoms with Crippen LogP contribution in [0.15, 0.2) is 18.3 Å². The number of hydrogen-bond donors (Lipinski definition) is 2. The minimum Gasteiger partial charge on any atom is -0.481 e. The van der Waals surface area contributed by atoms with Crippen molar-refractivity contribution in [3.8, 4) is 5.88 Å². The standard InChI is InChI=1S/C18H26N2O5/c1-12(2)11-25-17-14(4-3-7-19-17)16(21)20-10-15(18(22)23)13-5-8-24-9-6-13/h3-4,7,12-13,15H,5-6,8-11H2,1-2H3,(H,20,21)(H,22,23).